The number of nitrogens with zero attached hydrogens (tertiary/aromatic N) is 1. The SMILES string of the molecule is C1CCN2CCC(NCC3CCOCC3)C2C1. The molecule has 0 aliphatic carbocycles. The number of fused-ring (bicyclic) bond motifs is 1. The zero-order valence-electron chi connectivity index (χ0n) is 10.9. The maximum absolute atomic E-state index is 5.42. The highest BCUT2D eigenvalue weighted by Gasteiger charge is 2.35. The summed E-state index contributed by atoms with van der Waals surface area (Å²) < 4.78 is 5.42. The molecule has 0 radical (unpaired) electrons. The van der Waals surface area contributed by atoms with Gasteiger partial charge < -0.3 is 10.1 Å². The van der Waals surface area contributed by atoms with E-state index in [1.54, 1.807) is 0 Å². The summed E-state index contributed by atoms with van der Waals surface area (Å²) in [6.45, 7) is 5.85. The molecular formula is C14H26N2O. The second-order valence-electron chi connectivity index (χ2n) is 5.96. The van der Waals surface area contributed by atoms with Crippen LogP contribution in [-0.2, 0) is 4.74 Å². The Morgan fingerprint density at radius 1 is 1.00 bits per heavy atom. The lowest BCUT2D eigenvalue weighted by atomic mass is 9.96. The van der Waals surface area contributed by atoms with Crippen molar-refractivity contribution in [2.24, 2.45) is 5.92 Å². The van der Waals surface area contributed by atoms with Crippen LogP contribution in [0.4, 0.5) is 0 Å². The Balaban J connectivity index is 1.45. The molecular weight excluding hydrogens is 212 g/mol. The Morgan fingerprint density at radius 2 is 1.88 bits per heavy atom. The molecule has 1 N–H and O–H groups in total. The first-order chi connectivity index (χ1) is 8.43. The molecule has 3 saturated heterocycles. The van der Waals surface area contributed by atoms with E-state index in [4.69, 9.17) is 4.74 Å². The van der Waals surface area contributed by atoms with Gasteiger partial charge >= 0.3 is 0 Å². The monoisotopic (exact) mass is 238 g/mol. The molecule has 3 rings (SSSR count). The molecule has 0 aromatic rings. The zero-order valence-corrected chi connectivity index (χ0v) is 10.9. The van der Waals surface area contributed by atoms with E-state index in [1.807, 2.05) is 0 Å². The molecule has 0 aromatic carbocycles. The quantitative estimate of drug-likeness (QED) is 0.809. The standard InChI is InChI=1S/C14H26N2O/c1-2-7-16-8-4-13(14(16)3-1)15-11-12-5-9-17-10-6-12/h12-15H,1-11H2. The molecule has 17 heavy (non-hydrogen) atoms. The Morgan fingerprint density at radius 3 is 2.76 bits per heavy atom. The summed E-state index contributed by atoms with van der Waals surface area (Å²) in [6.07, 6.45) is 8.17. The third kappa shape index (κ3) is 2.83. The molecule has 3 fully saturated rings. The molecule has 0 amide bonds. The van der Waals surface area contributed by atoms with Crippen LogP contribution in [-0.4, -0.2) is 49.8 Å². The van der Waals surface area contributed by atoms with Crippen LogP contribution in [0.5, 0.6) is 0 Å². The number of rotatable bonds is 3. The van der Waals surface area contributed by atoms with Gasteiger partial charge in [0.25, 0.3) is 0 Å². The Bertz CT molecular complexity index is 240. The summed E-state index contributed by atoms with van der Waals surface area (Å²) >= 11 is 0. The van der Waals surface area contributed by atoms with E-state index >= 15 is 0 Å². The minimum Gasteiger partial charge on any atom is -0.381 e. The second-order valence-corrected chi connectivity index (χ2v) is 5.96. The predicted octanol–water partition coefficient (Wildman–Crippen LogP) is 1.63. The molecule has 3 aliphatic heterocycles. The first-order valence-corrected chi connectivity index (χ1v) is 7.48. The minimum absolute atomic E-state index is 0.776. The van der Waals surface area contributed by atoms with Gasteiger partial charge in [-0.15, -0.1) is 0 Å². The molecule has 3 heterocycles. The van der Waals surface area contributed by atoms with Crippen molar-refractivity contribution in [2.45, 2.75) is 50.6 Å². The van der Waals surface area contributed by atoms with E-state index in [2.05, 4.69) is 10.2 Å². The van der Waals surface area contributed by atoms with E-state index in [0.29, 0.717) is 0 Å². The summed E-state index contributed by atoms with van der Waals surface area (Å²) in [4.78, 5) is 2.71. The van der Waals surface area contributed by atoms with Gasteiger partial charge in [0.2, 0.25) is 0 Å². The maximum Gasteiger partial charge on any atom is 0.0469 e. The number of nitrogens with one attached hydrogen (secondary N) is 1. The van der Waals surface area contributed by atoms with Gasteiger partial charge in [0, 0.05) is 31.8 Å². The first-order valence-electron chi connectivity index (χ1n) is 7.48. The molecule has 0 aromatic heterocycles. The molecule has 0 spiro atoms. The van der Waals surface area contributed by atoms with E-state index in [1.165, 1.54) is 58.2 Å². The van der Waals surface area contributed by atoms with Crippen LogP contribution >= 0.6 is 0 Å². The van der Waals surface area contributed by atoms with Crippen molar-refractivity contribution in [1.82, 2.24) is 10.2 Å². The third-order valence-corrected chi connectivity index (χ3v) is 4.87. The summed E-state index contributed by atoms with van der Waals surface area (Å²) in [5.74, 6) is 0.862. The van der Waals surface area contributed by atoms with Crippen LogP contribution in [0.3, 0.4) is 0 Å². The number of hydrogen-bond donors (Lipinski definition) is 1. The molecule has 3 aliphatic rings. The van der Waals surface area contributed by atoms with E-state index in [-0.39, 0.29) is 0 Å². The average Bonchev–Trinajstić information content (AvgIpc) is 2.81. The van der Waals surface area contributed by atoms with Crippen molar-refractivity contribution in [3.8, 4) is 0 Å². The molecule has 3 heteroatoms. The lowest BCUT2D eigenvalue weighted by Gasteiger charge is -2.33. The van der Waals surface area contributed by atoms with Crippen LogP contribution < -0.4 is 5.32 Å². The van der Waals surface area contributed by atoms with Crippen LogP contribution in [0.2, 0.25) is 0 Å². The van der Waals surface area contributed by atoms with Crippen molar-refractivity contribution in [2.75, 3.05) is 32.8 Å². The predicted molar refractivity (Wildman–Crippen MR) is 69.2 cm³/mol. The summed E-state index contributed by atoms with van der Waals surface area (Å²) in [5.41, 5.74) is 0. The van der Waals surface area contributed by atoms with E-state index < -0.39 is 0 Å². The van der Waals surface area contributed by atoms with Crippen molar-refractivity contribution in [1.29, 1.82) is 0 Å². The molecule has 0 saturated carbocycles. The molecule has 98 valence electrons. The highest BCUT2D eigenvalue weighted by Crippen LogP contribution is 2.27. The molecule has 3 nitrogen and oxygen atoms in total. The topological polar surface area (TPSA) is 24.5 Å². The Kier molecular flexibility index (Phi) is 3.99. The van der Waals surface area contributed by atoms with Gasteiger partial charge in [-0.3, -0.25) is 4.90 Å². The van der Waals surface area contributed by atoms with Gasteiger partial charge in [0.05, 0.1) is 0 Å². The van der Waals surface area contributed by atoms with Gasteiger partial charge in [-0.25, -0.2) is 0 Å². The van der Waals surface area contributed by atoms with Crippen LogP contribution in [0, 0.1) is 5.92 Å². The molecule has 2 unspecified atom stereocenters. The highest BCUT2D eigenvalue weighted by atomic mass is 16.5. The lowest BCUT2D eigenvalue weighted by molar-refractivity contribution is 0.0645. The number of piperidine rings is 1. The first kappa shape index (κ1) is 11.9. The fraction of sp³-hybridized carbons (Fsp3) is 1.00. The Labute approximate surface area is 105 Å². The lowest BCUT2D eigenvalue weighted by Crippen LogP contribution is -2.46. The van der Waals surface area contributed by atoms with Crippen molar-refractivity contribution in [3.63, 3.8) is 0 Å². The molecule has 0 bridgehead atoms. The normalized spacial score (nSPS) is 36.0. The van der Waals surface area contributed by atoms with E-state index in [0.717, 1.165) is 31.2 Å². The highest BCUT2D eigenvalue weighted by molar-refractivity contribution is 4.94. The van der Waals surface area contributed by atoms with Gasteiger partial charge in [0.1, 0.15) is 0 Å². The van der Waals surface area contributed by atoms with Crippen molar-refractivity contribution < 1.29 is 4.74 Å². The summed E-state index contributed by atoms with van der Waals surface area (Å²) in [5, 5.41) is 3.85. The van der Waals surface area contributed by atoms with Gasteiger partial charge in [0.15, 0.2) is 0 Å². The second kappa shape index (κ2) is 5.68. The summed E-state index contributed by atoms with van der Waals surface area (Å²) in [7, 11) is 0. The van der Waals surface area contributed by atoms with E-state index in [9.17, 15) is 0 Å². The van der Waals surface area contributed by atoms with Crippen LogP contribution in [0.25, 0.3) is 0 Å². The van der Waals surface area contributed by atoms with Crippen molar-refractivity contribution >= 4 is 0 Å². The largest absolute Gasteiger partial charge is 0.381 e. The fourth-order valence-corrected chi connectivity index (χ4v) is 3.75. The van der Waals surface area contributed by atoms with Gasteiger partial charge in [-0.2, -0.15) is 0 Å². The van der Waals surface area contributed by atoms with Crippen LogP contribution in [0.15, 0.2) is 0 Å². The summed E-state index contributed by atoms with van der Waals surface area (Å²) in [6, 6.07) is 1.63. The van der Waals surface area contributed by atoms with Crippen molar-refractivity contribution in [3.05, 3.63) is 0 Å². The van der Waals surface area contributed by atoms with Gasteiger partial charge in [-0.05, 0) is 51.1 Å². The maximum atomic E-state index is 5.42. The smallest absolute Gasteiger partial charge is 0.0469 e. The Hall–Kier alpha value is -0.120. The zero-order chi connectivity index (χ0) is 11.5. The third-order valence-electron chi connectivity index (χ3n) is 4.87. The average molecular weight is 238 g/mol. The molecule has 2 atom stereocenters. The number of ether oxygens (including phenoxy) is 1. The number of hydrogen-bond acceptors (Lipinski definition) is 3. The van der Waals surface area contributed by atoms with Crippen LogP contribution in [0.1, 0.15) is 38.5 Å². The van der Waals surface area contributed by atoms with Gasteiger partial charge in [-0.1, -0.05) is 6.42 Å². The fourth-order valence-electron chi connectivity index (χ4n) is 3.75. The minimum atomic E-state index is 0.776.